The predicted molar refractivity (Wildman–Crippen MR) is 58.0 cm³/mol. The van der Waals surface area contributed by atoms with Gasteiger partial charge in [0, 0.05) is 12.0 Å². The molecule has 2 aliphatic rings. The van der Waals surface area contributed by atoms with Gasteiger partial charge in [-0.05, 0) is 36.7 Å². The van der Waals surface area contributed by atoms with Gasteiger partial charge in [0.2, 0.25) is 0 Å². The van der Waals surface area contributed by atoms with Crippen LogP contribution in [0.1, 0.15) is 30.7 Å². The molecule has 0 radical (unpaired) electrons. The predicted octanol–water partition coefficient (Wildman–Crippen LogP) is 2.53. The van der Waals surface area contributed by atoms with Crippen molar-refractivity contribution < 1.29 is 0 Å². The molecule has 0 saturated heterocycles. The van der Waals surface area contributed by atoms with E-state index >= 15 is 0 Å². The second-order valence-corrected chi connectivity index (χ2v) is 4.85. The molecule has 1 nitrogen and oxygen atoms in total. The van der Waals surface area contributed by atoms with Crippen LogP contribution in [0.3, 0.4) is 0 Å². The Morgan fingerprint density at radius 3 is 2.36 bits per heavy atom. The van der Waals surface area contributed by atoms with E-state index in [-0.39, 0.29) is 0 Å². The Morgan fingerprint density at radius 1 is 1.00 bits per heavy atom. The molecule has 3 rings (SSSR count). The first-order valence-electron chi connectivity index (χ1n) is 5.67. The van der Waals surface area contributed by atoms with Crippen molar-refractivity contribution in [2.45, 2.75) is 31.2 Å². The fourth-order valence-electron chi connectivity index (χ4n) is 3.51. The van der Waals surface area contributed by atoms with E-state index in [2.05, 4.69) is 30.3 Å². The van der Waals surface area contributed by atoms with E-state index in [4.69, 9.17) is 5.73 Å². The van der Waals surface area contributed by atoms with Crippen LogP contribution in [0.2, 0.25) is 0 Å². The third-order valence-corrected chi connectivity index (χ3v) is 4.17. The molecule has 1 aromatic carbocycles. The van der Waals surface area contributed by atoms with E-state index in [9.17, 15) is 0 Å². The number of nitrogens with two attached hydrogens (primary N) is 1. The summed E-state index contributed by atoms with van der Waals surface area (Å²) in [5.41, 5.74) is 7.76. The number of fused-ring (bicyclic) bond motifs is 2. The lowest BCUT2D eigenvalue weighted by Gasteiger charge is -2.28. The number of rotatable bonds is 1. The zero-order valence-electron chi connectivity index (χ0n) is 8.39. The molecule has 0 aromatic heterocycles. The highest BCUT2D eigenvalue weighted by Crippen LogP contribution is 2.51. The smallest absolute Gasteiger partial charge is 0.0139 e. The zero-order valence-corrected chi connectivity index (χ0v) is 8.39. The fourth-order valence-corrected chi connectivity index (χ4v) is 3.51. The van der Waals surface area contributed by atoms with Crippen molar-refractivity contribution in [1.82, 2.24) is 0 Å². The Hall–Kier alpha value is -0.820. The molecule has 0 heterocycles. The summed E-state index contributed by atoms with van der Waals surface area (Å²) >= 11 is 0. The van der Waals surface area contributed by atoms with Crippen LogP contribution in [0.4, 0.5) is 0 Å². The molecular formula is C13H17N. The van der Waals surface area contributed by atoms with Gasteiger partial charge < -0.3 is 5.73 Å². The summed E-state index contributed by atoms with van der Waals surface area (Å²) < 4.78 is 0. The number of hydrogen-bond acceptors (Lipinski definition) is 1. The van der Waals surface area contributed by atoms with Crippen molar-refractivity contribution in [3.05, 3.63) is 35.9 Å². The van der Waals surface area contributed by atoms with Crippen LogP contribution >= 0.6 is 0 Å². The van der Waals surface area contributed by atoms with E-state index in [0.29, 0.717) is 12.0 Å². The molecule has 2 N–H and O–H groups in total. The standard InChI is InChI=1S/C13H17N/c14-13-11-7-6-10(8-11)12(13)9-4-2-1-3-5-9/h1-5,10-13H,6-8,14H2/t10-,11+,12-,13-/m0/s1. The normalized spacial score (nSPS) is 40.4. The first-order valence-corrected chi connectivity index (χ1v) is 5.67. The summed E-state index contributed by atoms with van der Waals surface area (Å²) in [5, 5.41) is 0. The third-order valence-electron chi connectivity index (χ3n) is 4.17. The number of hydrogen-bond donors (Lipinski definition) is 1. The molecule has 4 atom stereocenters. The summed E-state index contributed by atoms with van der Waals surface area (Å²) in [5.74, 6) is 2.33. The molecule has 0 amide bonds. The highest BCUT2D eigenvalue weighted by Gasteiger charge is 2.46. The second kappa shape index (κ2) is 3.09. The van der Waals surface area contributed by atoms with Crippen molar-refractivity contribution in [1.29, 1.82) is 0 Å². The molecule has 2 fully saturated rings. The Morgan fingerprint density at radius 2 is 1.71 bits per heavy atom. The molecule has 74 valence electrons. The van der Waals surface area contributed by atoms with Gasteiger partial charge in [0.05, 0.1) is 0 Å². The molecule has 0 spiro atoms. The zero-order chi connectivity index (χ0) is 9.54. The summed E-state index contributed by atoms with van der Waals surface area (Å²) in [7, 11) is 0. The minimum Gasteiger partial charge on any atom is -0.327 e. The average molecular weight is 187 g/mol. The van der Waals surface area contributed by atoms with E-state index in [1.807, 2.05) is 0 Å². The van der Waals surface area contributed by atoms with Crippen LogP contribution in [0.25, 0.3) is 0 Å². The largest absolute Gasteiger partial charge is 0.327 e. The third kappa shape index (κ3) is 1.12. The molecule has 0 unspecified atom stereocenters. The lowest BCUT2D eigenvalue weighted by atomic mass is 9.80. The van der Waals surface area contributed by atoms with E-state index in [0.717, 1.165) is 11.8 Å². The van der Waals surface area contributed by atoms with Crippen molar-refractivity contribution in [2.75, 3.05) is 0 Å². The van der Waals surface area contributed by atoms with Crippen molar-refractivity contribution in [3.63, 3.8) is 0 Å². The molecule has 2 aliphatic carbocycles. The highest BCUT2D eigenvalue weighted by atomic mass is 14.7. The Balaban J connectivity index is 1.93. The van der Waals surface area contributed by atoms with Gasteiger partial charge in [0.15, 0.2) is 0 Å². The Bertz CT molecular complexity index is 317. The fraction of sp³-hybridized carbons (Fsp3) is 0.538. The molecular weight excluding hydrogens is 170 g/mol. The van der Waals surface area contributed by atoms with Crippen LogP contribution in [0, 0.1) is 11.8 Å². The summed E-state index contributed by atoms with van der Waals surface area (Å²) in [6.07, 6.45) is 4.15. The maximum atomic E-state index is 6.30. The first kappa shape index (κ1) is 8.49. The van der Waals surface area contributed by atoms with Gasteiger partial charge in [-0.3, -0.25) is 0 Å². The molecule has 2 saturated carbocycles. The summed E-state index contributed by atoms with van der Waals surface area (Å²) in [6, 6.07) is 11.3. The van der Waals surface area contributed by atoms with Gasteiger partial charge >= 0.3 is 0 Å². The molecule has 0 aliphatic heterocycles. The van der Waals surface area contributed by atoms with Gasteiger partial charge in [-0.15, -0.1) is 0 Å². The molecule has 1 aromatic rings. The van der Waals surface area contributed by atoms with Crippen LogP contribution in [-0.2, 0) is 0 Å². The minimum absolute atomic E-state index is 0.427. The van der Waals surface area contributed by atoms with Crippen LogP contribution in [0.15, 0.2) is 30.3 Å². The van der Waals surface area contributed by atoms with Gasteiger partial charge in [0.1, 0.15) is 0 Å². The Labute approximate surface area is 85.3 Å². The second-order valence-electron chi connectivity index (χ2n) is 4.85. The van der Waals surface area contributed by atoms with Crippen LogP contribution in [0.5, 0.6) is 0 Å². The van der Waals surface area contributed by atoms with Gasteiger partial charge in [-0.25, -0.2) is 0 Å². The van der Waals surface area contributed by atoms with Crippen molar-refractivity contribution in [2.24, 2.45) is 17.6 Å². The van der Waals surface area contributed by atoms with Crippen molar-refractivity contribution in [3.8, 4) is 0 Å². The summed E-state index contributed by atoms with van der Waals surface area (Å²) in [6.45, 7) is 0. The van der Waals surface area contributed by atoms with Gasteiger partial charge in [-0.1, -0.05) is 30.3 Å². The van der Waals surface area contributed by atoms with Crippen LogP contribution in [-0.4, -0.2) is 6.04 Å². The SMILES string of the molecule is N[C@H]1[C@@H]2CC[C@@H](C2)[C@@H]1c1ccccc1. The maximum Gasteiger partial charge on any atom is 0.0139 e. The highest BCUT2D eigenvalue weighted by molar-refractivity contribution is 5.25. The Kier molecular flexibility index (Phi) is 1.88. The molecule has 1 heteroatoms. The van der Waals surface area contributed by atoms with Crippen molar-refractivity contribution >= 4 is 0 Å². The van der Waals surface area contributed by atoms with Gasteiger partial charge in [-0.2, -0.15) is 0 Å². The monoisotopic (exact) mass is 187 g/mol. The minimum atomic E-state index is 0.427. The first-order chi connectivity index (χ1) is 6.86. The average Bonchev–Trinajstić information content (AvgIpc) is 2.79. The quantitative estimate of drug-likeness (QED) is 0.718. The topological polar surface area (TPSA) is 26.0 Å². The van der Waals surface area contributed by atoms with E-state index < -0.39 is 0 Å². The number of benzene rings is 1. The van der Waals surface area contributed by atoms with E-state index in [1.165, 1.54) is 24.8 Å². The van der Waals surface area contributed by atoms with Gasteiger partial charge in [0.25, 0.3) is 0 Å². The maximum absolute atomic E-state index is 6.30. The summed E-state index contributed by atoms with van der Waals surface area (Å²) in [4.78, 5) is 0. The molecule has 14 heavy (non-hydrogen) atoms. The lowest BCUT2D eigenvalue weighted by Crippen LogP contribution is -2.33. The lowest BCUT2D eigenvalue weighted by molar-refractivity contribution is 0.366. The van der Waals surface area contributed by atoms with E-state index in [1.54, 1.807) is 0 Å². The van der Waals surface area contributed by atoms with Crippen LogP contribution < -0.4 is 5.73 Å². The molecule has 2 bridgehead atoms.